The third-order valence-electron chi connectivity index (χ3n) is 5.36. The molecule has 5 nitrogen and oxygen atoms in total. The minimum absolute atomic E-state index is 0.0863. The molecule has 1 aromatic heterocycles. The molecule has 2 heterocycles. The lowest BCUT2D eigenvalue weighted by Gasteiger charge is -2.48. The molecule has 144 valence electrons. The number of nitrogens with zero attached hydrogens (tertiary/aromatic N) is 2. The number of amides is 1. The van der Waals surface area contributed by atoms with Crippen LogP contribution in [0.25, 0.3) is 0 Å². The van der Waals surface area contributed by atoms with Crippen molar-refractivity contribution in [3.8, 4) is 0 Å². The number of nitrogens with one attached hydrogen (secondary N) is 1. The fourth-order valence-corrected chi connectivity index (χ4v) is 3.90. The smallest absolute Gasteiger partial charge is 0.379 e. The Balaban J connectivity index is 1.65. The van der Waals surface area contributed by atoms with Gasteiger partial charge in [0.25, 0.3) is 5.91 Å². The van der Waals surface area contributed by atoms with E-state index in [0.717, 1.165) is 51.0 Å². The number of morpholine rings is 1. The molecule has 26 heavy (non-hydrogen) atoms. The van der Waals surface area contributed by atoms with Crippen molar-refractivity contribution < 1.29 is 22.7 Å². The molecule has 1 saturated carbocycles. The molecule has 1 aliphatic carbocycles. The van der Waals surface area contributed by atoms with Gasteiger partial charge >= 0.3 is 6.18 Å². The van der Waals surface area contributed by atoms with Crippen molar-refractivity contribution >= 4 is 5.91 Å². The van der Waals surface area contributed by atoms with Crippen LogP contribution in [0.3, 0.4) is 0 Å². The average molecular weight is 371 g/mol. The molecule has 2 fully saturated rings. The second kappa shape index (κ2) is 7.92. The molecule has 0 spiro atoms. The number of ether oxygens (including phenoxy) is 1. The maximum absolute atomic E-state index is 12.6. The summed E-state index contributed by atoms with van der Waals surface area (Å²) in [4.78, 5) is 18.2. The van der Waals surface area contributed by atoms with Gasteiger partial charge in [0.1, 0.15) is 5.69 Å². The van der Waals surface area contributed by atoms with Crippen molar-refractivity contribution in [1.29, 1.82) is 0 Å². The molecule has 1 amide bonds. The van der Waals surface area contributed by atoms with Crippen LogP contribution in [0.4, 0.5) is 13.2 Å². The molecular weight excluding hydrogens is 347 g/mol. The van der Waals surface area contributed by atoms with Crippen LogP contribution in [-0.2, 0) is 10.9 Å². The Bertz CT molecular complexity index is 607. The summed E-state index contributed by atoms with van der Waals surface area (Å²) >= 11 is 0. The summed E-state index contributed by atoms with van der Waals surface area (Å²) in [6.07, 6.45) is 1.95. The van der Waals surface area contributed by atoms with Crippen LogP contribution in [0.2, 0.25) is 0 Å². The fraction of sp³-hybridized carbons (Fsp3) is 0.667. The maximum atomic E-state index is 12.6. The molecule has 0 bridgehead atoms. The van der Waals surface area contributed by atoms with Gasteiger partial charge in [0.05, 0.1) is 18.8 Å². The predicted octanol–water partition coefficient (Wildman–Crippen LogP) is 2.87. The first-order valence-electron chi connectivity index (χ1n) is 9.05. The third kappa shape index (κ3) is 4.35. The molecule has 1 saturated heterocycles. The minimum Gasteiger partial charge on any atom is -0.379 e. The molecule has 8 heteroatoms. The number of halogens is 3. The number of hydrogen-bond donors (Lipinski definition) is 1. The molecule has 2 aliphatic rings. The van der Waals surface area contributed by atoms with Gasteiger partial charge in [-0.15, -0.1) is 0 Å². The van der Waals surface area contributed by atoms with Crippen molar-refractivity contribution in [2.45, 2.75) is 43.8 Å². The molecule has 1 aliphatic heterocycles. The molecule has 0 atom stereocenters. The Kier molecular flexibility index (Phi) is 5.82. The zero-order valence-corrected chi connectivity index (χ0v) is 14.6. The summed E-state index contributed by atoms with van der Waals surface area (Å²) in [6.45, 7) is 3.57. The topological polar surface area (TPSA) is 54.5 Å². The Morgan fingerprint density at radius 1 is 1.19 bits per heavy atom. The van der Waals surface area contributed by atoms with E-state index in [1.165, 1.54) is 12.5 Å². The standard InChI is InChI=1S/C18H24F3N3O2/c19-18(20,21)15-5-4-14(12-22-15)16(25)23-13-17(6-2-1-3-7-17)24-8-10-26-11-9-24/h4-5,12H,1-3,6-11,13H2,(H,23,25). The van der Waals surface area contributed by atoms with Crippen molar-refractivity contribution in [3.05, 3.63) is 29.6 Å². The lowest BCUT2D eigenvalue weighted by Crippen LogP contribution is -2.59. The van der Waals surface area contributed by atoms with Gasteiger partial charge in [0, 0.05) is 31.4 Å². The predicted molar refractivity (Wildman–Crippen MR) is 89.8 cm³/mol. The molecule has 0 radical (unpaired) electrons. The first kappa shape index (κ1) is 19.1. The molecule has 3 rings (SSSR count). The zero-order chi connectivity index (χ0) is 18.6. The quantitative estimate of drug-likeness (QED) is 0.884. The van der Waals surface area contributed by atoms with E-state index in [0.29, 0.717) is 19.8 Å². The number of aromatic nitrogens is 1. The lowest BCUT2D eigenvalue weighted by atomic mass is 9.79. The summed E-state index contributed by atoms with van der Waals surface area (Å²) in [5.74, 6) is -0.385. The van der Waals surface area contributed by atoms with Gasteiger partial charge in [-0.2, -0.15) is 13.2 Å². The highest BCUT2D eigenvalue weighted by Gasteiger charge is 2.39. The lowest BCUT2D eigenvalue weighted by molar-refractivity contribution is -0.141. The summed E-state index contributed by atoms with van der Waals surface area (Å²) in [5, 5.41) is 2.92. The van der Waals surface area contributed by atoms with Crippen molar-refractivity contribution in [1.82, 2.24) is 15.2 Å². The number of alkyl halides is 3. The van der Waals surface area contributed by atoms with E-state index in [2.05, 4.69) is 15.2 Å². The highest BCUT2D eigenvalue weighted by molar-refractivity contribution is 5.93. The minimum atomic E-state index is -4.50. The largest absolute Gasteiger partial charge is 0.433 e. The third-order valence-corrected chi connectivity index (χ3v) is 5.36. The van der Waals surface area contributed by atoms with Crippen LogP contribution >= 0.6 is 0 Å². The van der Waals surface area contributed by atoms with Crippen LogP contribution in [0, 0.1) is 0 Å². The van der Waals surface area contributed by atoms with Gasteiger partial charge < -0.3 is 10.1 Å². The van der Waals surface area contributed by atoms with E-state index in [1.54, 1.807) is 0 Å². The average Bonchev–Trinajstić information content (AvgIpc) is 2.67. The van der Waals surface area contributed by atoms with Crippen LogP contribution in [0.1, 0.15) is 48.2 Å². The van der Waals surface area contributed by atoms with Gasteiger partial charge in [-0.3, -0.25) is 14.7 Å². The van der Waals surface area contributed by atoms with Gasteiger partial charge in [-0.05, 0) is 25.0 Å². The fourth-order valence-electron chi connectivity index (χ4n) is 3.90. The highest BCUT2D eigenvalue weighted by atomic mass is 19.4. The number of pyridine rings is 1. The van der Waals surface area contributed by atoms with E-state index < -0.39 is 11.9 Å². The van der Waals surface area contributed by atoms with Gasteiger partial charge in [-0.1, -0.05) is 19.3 Å². The van der Waals surface area contributed by atoms with E-state index >= 15 is 0 Å². The number of carbonyl (C=O) groups is 1. The van der Waals surface area contributed by atoms with E-state index in [1.807, 2.05) is 0 Å². The Morgan fingerprint density at radius 2 is 1.88 bits per heavy atom. The summed E-state index contributed by atoms with van der Waals surface area (Å²) in [7, 11) is 0. The zero-order valence-electron chi connectivity index (χ0n) is 14.6. The molecule has 0 aromatic carbocycles. The van der Waals surface area contributed by atoms with Crippen LogP contribution in [0.5, 0.6) is 0 Å². The van der Waals surface area contributed by atoms with Crippen LogP contribution in [0.15, 0.2) is 18.3 Å². The monoisotopic (exact) mass is 371 g/mol. The van der Waals surface area contributed by atoms with E-state index in [4.69, 9.17) is 4.74 Å². The van der Waals surface area contributed by atoms with Crippen molar-refractivity contribution in [3.63, 3.8) is 0 Å². The normalized spacial score (nSPS) is 21.3. The Labute approximate surface area is 150 Å². The Hall–Kier alpha value is -1.67. The molecular formula is C18H24F3N3O2. The SMILES string of the molecule is O=C(NCC1(N2CCOCC2)CCCCC1)c1ccc(C(F)(F)F)nc1. The number of hydrogen-bond acceptors (Lipinski definition) is 4. The van der Waals surface area contributed by atoms with Crippen molar-refractivity contribution in [2.24, 2.45) is 0 Å². The maximum Gasteiger partial charge on any atom is 0.433 e. The number of rotatable bonds is 4. The van der Waals surface area contributed by atoms with Gasteiger partial charge in [0.15, 0.2) is 0 Å². The van der Waals surface area contributed by atoms with Crippen molar-refractivity contribution in [2.75, 3.05) is 32.8 Å². The summed E-state index contributed by atoms with van der Waals surface area (Å²) < 4.78 is 43.2. The van der Waals surface area contributed by atoms with Crippen LogP contribution in [-0.4, -0.2) is 54.2 Å². The first-order valence-corrected chi connectivity index (χ1v) is 9.05. The summed E-state index contributed by atoms with van der Waals surface area (Å²) in [5.41, 5.74) is -0.936. The van der Waals surface area contributed by atoms with Gasteiger partial charge in [-0.25, -0.2) is 0 Å². The molecule has 0 unspecified atom stereocenters. The Morgan fingerprint density at radius 3 is 2.46 bits per heavy atom. The number of carbonyl (C=O) groups excluding carboxylic acids is 1. The first-order chi connectivity index (χ1) is 12.4. The summed E-state index contributed by atoms with van der Waals surface area (Å²) in [6, 6.07) is 2.01. The second-order valence-electron chi connectivity index (χ2n) is 7.00. The second-order valence-corrected chi connectivity index (χ2v) is 7.00. The van der Waals surface area contributed by atoms with E-state index in [-0.39, 0.29) is 17.0 Å². The van der Waals surface area contributed by atoms with E-state index in [9.17, 15) is 18.0 Å². The highest BCUT2D eigenvalue weighted by Crippen LogP contribution is 2.34. The molecule has 1 aromatic rings. The van der Waals surface area contributed by atoms with Crippen LogP contribution < -0.4 is 5.32 Å². The van der Waals surface area contributed by atoms with Gasteiger partial charge in [0.2, 0.25) is 0 Å². The molecule has 1 N–H and O–H groups in total.